The number of hydrogen-bond acceptors (Lipinski definition) is 5. The average Bonchev–Trinajstić information content (AvgIpc) is 2.77. The van der Waals surface area contributed by atoms with Crippen LogP contribution < -0.4 is 9.60 Å². The molecule has 0 aliphatic rings. The molecule has 8 heteroatoms. The number of benzene rings is 1. The van der Waals surface area contributed by atoms with E-state index in [1.807, 2.05) is 6.92 Å². The zero-order chi connectivity index (χ0) is 15.5. The van der Waals surface area contributed by atoms with E-state index in [9.17, 15) is 13.2 Å². The van der Waals surface area contributed by atoms with Crippen LogP contribution in [-0.4, -0.2) is 33.2 Å². The second kappa shape index (κ2) is 6.69. The van der Waals surface area contributed by atoms with E-state index in [2.05, 4.69) is 4.72 Å². The summed E-state index contributed by atoms with van der Waals surface area (Å²) in [5, 5.41) is 0. The SMILES string of the molecule is CCn1c(=O)sc2cc(S(=O)(=O)NCCCOC)ccc21. The van der Waals surface area contributed by atoms with E-state index in [0.29, 0.717) is 30.8 Å². The number of methoxy groups -OCH3 is 1. The van der Waals surface area contributed by atoms with Crippen LogP contribution in [0.1, 0.15) is 13.3 Å². The molecule has 0 saturated heterocycles. The van der Waals surface area contributed by atoms with Crippen molar-refractivity contribution in [2.45, 2.75) is 24.8 Å². The zero-order valence-corrected chi connectivity index (χ0v) is 13.6. The fourth-order valence-corrected chi connectivity index (χ4v) is 4.19. The van der Waals surface area contributed by atoms with Crippen molar-refractivity contribution < 1.29 is 13.2 Å². The van der Waals surface area contributed by atoms with Gasteiger partial charge in [-0.15, -0.1) is 0 Å². The monoisotopic (exact) mass is 330 g/mol. The van der Waals surface area contributed by atoms with E-state index < -0.39 is 10.0 Å². The minimum Gasteiger partial charge on any atom is -0.385 e. The Morgan fingerprint density at radius 2 is 2.14 bits per heavy atom. The molecule has 1 heterocycles. The Labute approximate surface area is 127 Å². The fraction of sp³-hybridized carbons (Fsp3) is 0.462. The Balaban J connectivity index is 2.28. The van der Waals surface area contributed by atoms with Crippen LogP contribution in [0.4, 0.5) is 0 Å². The van der Waals surface area contributed by atoms with Crippen molar-refractivity contribution in [2.24, 2.45) is 0 Å². The molecule has 0 atom stereocenters. The molecule has 0 amide bonds. The van der Waals surface area contributed by atoms with Crippen LogP contribution in [-0.2, 0) is 21.3 Å². The highest BCUT2D eigenvalue weighted by molar-refractivity contribution is 7.89. The quantitative estimate of drug-likeness (QED) is 0.779. The minimum absolute atomic E-state index is 0.0740. The van der Waals surface area contributed by atoms with Crippen LogP contribution >= 0.6 is 11.3 Å². The van der Waals surface area contributed by atoms with Crippen LogP contribution in [0.3, 0.4) is 0 Å². The highest BCUT2D eigenvalue weighted by Gasteiger charge is 2.15. The predicted octanol–water partition coefficient (Wildman–Crippen LogP) is 1.40. The summed E-state index contributed by atoms with van der Waals surface area (Å²) in [6.45, 7) is 3.28. The van der Waals surface area contributed by atoms with Crippen molar-refractivity contribution in [3.8, 4) is 0 Å². The molecule has 1 aromatic heterocycles. The second-order valence-electron chi connectivity index (χ2n) is 4.49. The molecule has 0 unspecified atom stereocenters. The molecule has 21 heavy (non-hydrogen) atoms. The number of sulfonamides is 1. The van der Waals surface area contributed by atoms with Crippen LogP contribution in [0.5, 0.6) is 0 Å². The van der Waals surface area contributed by atoms with Crippen molar-refractivity contribution in [3.63, 3.8) is 0 Å². The highest BCUT2D eigenvalue weighted by atomic mass is 32.2. The molecule has 6 nitrogen and oxygen atoms in total. The van der Waals surface area contributed by atoms with Gasteiger partial charge in [-0.1, -0.05) is 11.3 Å². The van der Waals surface area contributed by atoms with Gasteiger partial charge in [-0.3, -0.25) is 9.36 Å². The third kappa shape index (κ3) is 3.52. The molecular weight excluding hydrogens is 312 g/mol. The number of hydrogen-bond donors (Lipinski definition) is 1. The normalized spacial score (nSPS) is 12.1. The molecule has 0 fully saturated rings. The van der Waals surface area contributed by atoms with Crippen molar-refractivity contribution in [2.75, 3.05) is 20.3 Å². The number of aromatic nitrogens is 1. The molecule has 2 rings (SSSR count). The molecule has 0 saturated carbocycles. The van der Waals surface area contributed by atoms with E-state index in [1.54, 1.807) is 23.8 Å². The van der Waals surface area contributed by atoms with Crippen molar-refractivity contribution in [1.82, 2.24) is 9.29 Å². The lowest BCUT2D eigenvalue weighted by molar-refractivity contribution is 0.196. The first-order chi connectivity index (χ1) is 9.99. The van der Waals surface area contributed by atoms with Gasteiger partial charge in [0.15, 0.2) is 0 Å². The standard InChI is InChI=1S/C13H18N2O4S2/c1-3-15-11-6-5-10(9-12(11)20-13(15)16)21(17,18)14-7-4-8-19-2/h5-6,9,14H,3-4,7-8H2,1-2H3. The smallest absolute Gasteiger partial charge is 0.308 e. The first kappa shape index (κ1) is 16.2. The molecule has 0 spiro atoms. The maximum atomic E-state index is 12.2. The van der Waals surface area contributed by atoms with Gasteiger partial charge in [-0.05, 0) is 31.5 Å². The van der Waals surface area contributed by atoms with E-state index >= 15 is 0 Å². The van der Waals surface area contributed by atoms with Gasteiger partial charge in [-0.2, -0.15) is 0 Å². The minimum atomic E-state index is -3.55. The van der Waals surface area contributed by atoms with Gasteiger partial charge in [0.1, 0.15) is 0 Å². The Morgan fingerprint density at radius 3 is 2.81 bits per heavy atom. The topological polar surface area (TPSA) is 77.4 Å². The number of nitrogens with zero attached hydrogens (tertiary/aromatic N) is 1. The third-order valence-electron chi connectivity index (χ3n) is 3.08. The fourth-order valence-electron chi connectivity index (χ4n) is 2.02. The van der Waals surface area contributed by atoms with Gasteiger partial charge in [0.05, 0.1) is 15.1 Å². The number of rotatable bonds is 7. The van der Waals surface area contributed by atoms with Crippen LogP contribution in [0.15, 0.2) is 27.9 Å². The van der Waals surface area contributed by atoms with Gasteiger partial charge in [0.2, 0.25) is 10.0 Å². The summed E-state index contributed by atoms with van der Waals surface area (Å²) in [6, 6.07) is 4.76. The molecule has 116 valence electrons. The van der Waals surface area contributed by atoms with Gasteiger partial charge < -0.3 is 4.74 Å². The summed E-state index contributed by atoms with van der Waals surface area (Å²) >= 11 is 1.06. The lowest BCUT2D eigenvalue weighted by Gasteiger charge is -2.07. The summed E-state index contributed by atoms with van der Waals surface area (Å²) in [5.74, 6) is 0. The van der Waals surface area contributed by atoms with Gasteiger partial charge in [0, 0.05) is 26.8 Å². The van der Waals surface area contributed by atoms with E-state index in [1.165, 1.54) is 6.07 Å². The Kier molecular flexibility index (Phi) is 5.15. The molecule has 0 aliphatic heterocycles. The summed E-state index contributed by atoms with van der Waals surface area (Å²) < 4.78 is 34.0. The highest BCUT2D eigenvalue weighted by Crippen LogP contribution is 2.21. The maximum absolute atomic E-state index is 12.2. The Hall–Kier alpha value is -1.22. The van der Waals surface area contributed by atoms with Crippen molar-refractivity contribution >= 4 is 31.6 Å². The van der Waals surface area contributed by atoms with Gasteiger partial charge >= 0.3 is 4.87 Å². The van der Waals surface area contributed by atoms with Crippen LogP contribution in [0.25, 0.3) is 10.2 Å². The Bertz CT molecular complexity index is 777. The number of aryl methyl sites for hydroxylation is 1. The van der Waals surface area contributed by atoms with Crippen molar-refractivity contribution in [1.29, 1.82) is 0 Å². The molecule has 0 bridgehead atoms. The predicted molar refractivity (Wildman–Crippen MR) is 83.4 cm³/mol. The molecule has 0 aliphatic carbocycles. The lowest BCUT2D eigenvalue weighted by atomic mass is 10.3. The van der Waals surface area contributed by atoms with E-state index in [4.69, 9.17) is 4.74 Å². The number of nitrogens with one attached hydrogen (secondary N) is 1. The van der Waals surface area contributed by atoms with Crippen LogP contribution in [0.2, 0.25) is 0 Å². The number of thiazole rings is 1. The molecular formula is C13H18N2O4S2. The summed E-state index contributed by atoms with van der Waals surface area (Å²) in [4.78, 5) is 11.9. The van der Waals surface area contributed by atoms with Gasteiger partial charge in [-0.25, -0.2) is 13.1 Å². The first-order valence-corrected chi connectivity index (χ1v) is 8.91. The number of fused-ring (bicyclic) bond motifs is 1. The first-order valence-electron chi connectivity index (χ1n) is 6.61. The molecule has 1 N–H and O–H groups in total. The van der Waals surface area contributed by atoms with Crippen molar-refractivity contribution in [3.05, 3.63) is 27.9 Å². The maximum Gasteiger partial charge on any atom is 0.308 e. The summed E-state index contributed by atoms with van der Waals surface area (Å²) in [7, 11) is -1.98. The van der Waals surface area contributed by atoms with Gasteiger partial charge in [0.25, 0.3) is 0 Å². The average molecular weight is 330 g/mol. The Morgan fingerprint density at radius 1 is 1.38 bits per heavy atom. The van der Waals surface area contributed by atoms with Crippen LogP contribution in [0, 0.1) is 0 Å². The second-order valence-corrected chi connectivity index (χ2v) is 7.25. The summed E-state index contributed by atoms with van der Waals surface area (Å²) in [5.41, 5.74) is 0.769. The largest absolute Gasteiger partial charge is 0.385 e. The molecule has 2 aromatic rings. The number of ether oxygens (including phenoxy) is 1. The zero-order valence-electron chi connectivity index (χ0n) is 12.0. The molecule has 1 aromatic carbocycles. The van der Waals surface area contributed by atoms with E-state index in [0.717, 1.165) is 16.9 Å². The molecule has 0 radical (unpaired) electrons. The lowest BCUT2D eigenvalue weighted by Crippen LogP contribution is -2.25. The van der Waals surface area contributed by atoms with E-state index in [-0.39, 0.29) is 9.77 Å². The summed E-state index contributed by atoms with van der Waals surface area (Å²) in [6.07, 6.45) is 0.609. The third-order valence-corrected chi connectivity index (χ3v) is 5.48.